The lowest BCUT2D eigenvalue weighted by atomic mass is 10.0. The second kappa shape index (κ2) is 5.63. The molecule has 0 saturated carbocycles. The summed E-state index contributed by atoms with van der Waals surface area (Å²) >= 11 is 0. The fourth-order valence-corrected chi connectivity index (χ4v) is 1.33. The Balaban J connectivity index is 2.77. The van der Waals surface area contributed by atoms with Crippen LogP contribution in [0, 0.1) is 5.92 Å². The van der Waals surface area contributed by atoms with Crippen molar-refractivity contribution in [2.75, 3.05) is 6.54 Å². The molecule has 5 nitrogen and oxygen atoms in total. The summed E-state index contributed by atoms with van der Waals surface area (Å²) in [6, 6.07) is 2.93. The summed E-state index contributed by atoms with van der Waals surface area (Å²) in [4.78, 5) is 23.2. The number of rotatable bonds is 4. The van der Waals surface area contributed by atoms with Gasteiger partial charge in [0.05, 0.1) is 0 Å². The lowest BCUT2D eigenvalue weighted by Gasteiger charge is -2.19. The van der Waals surface area contributed by atoms with E-state index < -0.39 is 0 Å². The zero-order valence-corrected chi connectivity index (χ0v) is 10.4. The molecule has 0 aromatic carbocycles. The number of pyridine rings is 1. The van der Waals surface area contributed by atoms with E-state index in [0.717, 1.165) is 0 Å². The summed E-state index contributed by atoms with van der Waals surface area (Å²) in [6.45, 7) is 4.38. The molecule has 0 bridgehead atoms. The number of hydrogen-bond acceptors (Lipinski definition) is 3. The van der Waals surface area contributed by atoms with Gasteiger partial charge in [-0.15, -0.1) is 0 Å². The van der Waals surface area contributed by atoms with Crippen LogP contribution in [0.3, 0.4) is 0 Å². The van der Waals surface area contributed by atoms with Crippen molar-refractivity contribution in [3.63, 3.8) is 0 Å². The molecule has 0 radical (unpaired) electrons. The molecule has 1 aromatic heterocycles. The van der Waals surface area contributed by atoms with Crippen molar-refractivity contribution in [1.82, 2.24) is 9.88 Å². The number of nitrogens with zero attached hydrogens (tertiary/aromatic N) is 1. The topological polar surface area (TPSA) is 77.1 Å². The largest absolute Gasteiger partial charge is 0.349 e. The standard InChI is InChI=1S/C12H19N3O2/c1-8(7-13)9(2)14-12(17)10-4-5-15(3)11(16)6-10/h4-6,8-9H,7,13H2,1-3H3,(H,14,17). The first-order valence-corrected chi connectivity index (χ1v) is 5.63. The van der Waals surface area contributed by atoms with Gasteiger partial charge in [-0.2, -0.15) is 0 Å². The number of aromatic nitrogens is 1. The molecule has 1 amide bonds. The fourth-order valence-electron chi connectivity index (χ4n) is 1.33. The van der Waals surface area contributed by atoms with Gasteiger partial charge in [0.2, 0.25) is 0 Å². The van der Waals surface area contributed by atoms with Crippen LogP contribution in [0.15, 0.2) is 23.1 Å². The zero-order valence-electron chi connectivity index (χ0n) is 10.4. The van der Waals surface area contributed by atoms with Crippen LogP contribution in [0.2, 0.25) is 0 Å². The minimum atomic E-state index is -0.240. The van der Waals surface area contributed by atoms with Gasteiger partial charge in [0.15, 0.2) is 0 Å². The van der Waals surface area contributed by atoms with Crippen LogP contribution in [-0.4, -0.2) is 23.1 Å². The van der Waals surface area contributed by atoms with Crippen molar-refractivity contribution >= 4 is 5.91 Å². The predicted octanol–water partition coefficient (Wildman–Crippen LogP) is 0.0984. The minimum Gasteiger partial charge on any atom is -0.349 e. The summed E-state index contributed by atoms with van der Waals surface area (Å²) in [7, 11) is 1.64. The monoisotopic (exact) mass is 237 g/mol. The van der Waals surface area contributed by atoms with Crippen molar-refractivity contribution in [2.24, 2.45) is 18.7 Å². The third-order valence-corrected chi connectivity index (χ3v) is 2.95. The summed E-state index contributed by atoms with van der Waals surface area (Å²) in [6.07, 6.45) is 1.58. The van der Waals surface area contributed by atoms with E-state index in [9.17, 15) is 9.59 Å². The molecule has 0 fully saturated rings. The van der Waals surface area contributed by atoms with E-state index in [2.05, 4.69) is 5.32 Å². The maximum atomic E-state index is 11.8. The second-order valence-electron chi connectivity index (χ2n) is 4.34. The Morgan fingerprint density at radius 3 is 2.71 bits per heavy atom. The molecule has 0 aliphatic heterocycles. The van der Waals surface area contributed by atoms with E-state index in [1.54, 1.807) is 19.3 Å². The molecule has 0 spiro atoms. The van der Waals surface area contributed by atoms with Gasteiger partial charge in [-0.3, -0.25) is 9.59 Å². The number of nitrogens with two attached hydrogens (primary N) is 1. The van der Waals surface area contributed by atoms with Crippen molar-refractivity contribution in [2.45, 2.75) is 19.9 Å². The molecule has 0 saturated heterocycles. The number of nitrogens with one attached hydrogen (secondary N) is 1. The van der Waals surface area contributed by atoms with E-state index in [4.69, 9.17) is 5.73 Å². The Kier molecular flexibility index (Phi) is 4.45. The molecule has 17 heavy (non-hydrogen) atoms. The van der Waals surface area contributed by atoms with Crippen LogP contribution in [-0.2, 0) is 7.05 Å². The SMILES string of the molecule is CC(CN)C(C)NC(=O)c1ccn(C)c(=O)c1. The molecule has 5 heteroatoms. The third kappa shape index (κ3) is 3.42. The van der Waals surface area contributed by atoms with Crippen LogP contribution in [0.1, 0.15) is 24.2 Å². The van der Waals surface area contributed by atoms with Gasteiger partial charge in [-0.05, 0) is 25.5 Å². The van der Waals surface area contributed by atoms with E-state index in [1.807, 2.05) is 13.8 Å². The van der Waals surface area contributed by atoms with Crippen molar-refractivity contribution < 1.29 is 4.79 Å². The fraction of sp³-hybridized carbons (Fsp3) is 0.500. The molecule has 3 N–H and O–H groups in total. The zero-order chi connectivity index (χ0) is 13.0. The average Bonchev–Trinajstić information content (AvgIpc) is 2.31. The second-order valence-corrected chi connectivity index (χ2v) is 4.34. The molecule has 1 heterocycles. The smallest absolute Gasteiger partial charge is 0.251 e. The molecule has 94 valence electrons. The first-order chi connectivity index (χ1) is 7.95. The first-order valence-electron chi connectivity index (χ1n) is 5.63. The maximum Gasteiger partial charge on any atom is 0.251 e. The van der Waals surface area contributed by atoms with Gasteiger partial charge in [0, 0.05) is 30.9 Å². The normalized spacial score (nSPS) is 14.1. The van der Waals surface area contributed by atoms with Gasteiger partial charge in [-0.25, -0.2) is 0 Å². The van der Waals surface area contributed by atoms with E-state index in [0.29, 0.717) is 12.1 Å². The van der Waals surface area contributed by atoms with Crippen LogP contribution in [0.5, 0.6) is 0 Å². The van der Waals surface area contributed by atoms with E-state index in [-0.39, 0.29) is 23.4 Å². The molecule has 2 atom stereocenters. The van der Waals surface area contributed by atoms with Crippen molar-refractivity contribution in [1.29, 1.82) is 0 Å². The number of hydrogen-bond donors (Lipinski definition) is 2. The Hall–Kier alpha value is -1.62. The van der Waals surface area contributed by atoms with E-state index in [1.165, 1.54) is 10.6 Å². The van der Waals surface area contributed by atoms with Crippen molar-refractivity contribution in [3.05, 3.63) is 34.2 Å². The Labute approximate surface area is 101 Å². The number of amides is 1. The first kappa shape index (κ1) is 13.4. The lowest BCUT2D eigenvalue weighted by Crippen LogP contribution is -2.40. The molecule has 1 aromatic rings. The molecular weight excluding hydrogens is 218 g/mol. The van der Waals surface area contributed by atoms with Crippen LogP contribution in [0.4, 0.5) is 0 Å². The summed E-state index contributed by atoms with van der Waals surface area (Å²) in [5.41, 5.74) is 5.71. The van der Waals surface area contributed by atoms with Gasteiger partial charge in [0.1, 0.15) is 0 Å². The minimum absolute atomic E-state index is 0.0171. The highest BCUT2D eigenvalue weighted by Crippen LogP contribution is 2.02. The Morgan fingerprint density at radius 2 is 2.18 bits per heavy atom. The molecular formula is C12H19N3O2. The van der Waals surface area contributed by atoms with Crippen LogP contribution < -0.4 is 16.6 Å². The van der Waals surface area contributed by atoms with E-state index >= 15 is 0 Å². The van der Waals surface area contributed by atoms with Crippen molar-refractivity contribution in [3.8, 4) is 0 Å². The molecule has 2 unspecified atom stereocenters. The maximum absolute atomic E-state index is 11.8. The molecule has 1 rings (SSSR count). The number of aryl methyl sites for hydroxylation is 1. The highest BCUT2D eigenvalue weighted by Gasteiger charge is 2.14. The summed E-state index contributed by atoms with van der Waals surface area (Å²) < 4.78 is 1.42. The van der Waals surface area contributed by atoms with Crippen LogP contribution in [0.25, 0.3) is 0 Å². The van der Waals surface area contributed by atoms with Crippen LogP contribution >= 0.6 is 0 Å². The quantitative estimate of drug-likeness (QED) is 0.779. The van der Waals surface area contributed by atoms with Gasteiger partial charge < -0.3 is 15.6 Å². The van der Waals surface area contributed by atoms with Gasteiger partial charge in [-0.1, -0.05) is 6.92 Å². The summed E-state index contributed by atoms with van der Waals surface area (Å²) in [5.74, 6) is -0.0407. The molecule has 0 aliphatic carbocycles. The predicted molar refractivity (Wildman–Crippen MR) is 66.8 cm³/mol. The summed E-state index contributed by atoms with van der Waals surface area (Å²) in [5, 5.41) is 2.83. The van der Waals surface area contributed by atoms with Gasteiger partial charge >= 0.3 is 0 Å². The average molecular weight is 237 g/mol. The Morgan fingerprint density at radius 1 is 1.53 bits per heavy atom. The highest BCUT2D eigenvalue weighted by molar-refractivity contribution is 5.94. The number of carbonyl (C=O) groups is 1. The van der Waals surface area contributed by atoms with Gasteiger partial charge in [0.25, 0.3) is 11.5 Å². The molecule has 0 aliphatic rings. The number of carbonyl (C=O) groups excluding carboxylic acids is 1. The third-order valence-electron chi connectivity index (χ3n) is 2.95. The lowest BCUT2D eigenvalue weighted by molar-refractivity contribution is 0.0929. The Bertz CT molecular complexity index is 453. The highest BCUT2D eigenvalue weighted by atomic mass is 16.2.